The van der Waals surface area contributed by atoms with Crippen molar-refractivity contribution >= 4 is 23.2 Å². The van der Waals surface area contributed by atoms with Gasteiger partial charge >= 0.3 is 0 Å². The third kappa shape index (κ3) is 1.99. The number of piperidine rings is 1. The second-order valence-corrected chi connectivity index (χ2v) is 4.03. The molecule has 0 saturated carbocycles. The smallest absolute Gasteiger partial charge is 0.121 e. The van der Waals surface area contributed by atoms with E-state index in [1.54, 1.807) is 0 Å². The average Bonchev–Trinajstić information content (AvgIpc) is 1.88. The van der Waals surface area contributed by atoms with Crippen molar-refractivity contribution in [3.05, 3.63) is 4.91 Å². The first-order valence-electron chi connectivity index (χ1n) is 3.10. The van der Waals surface area contributed by atoms with Crippen LogP contribution in [0.15, 0.2) is 5.29 Å². The second-order valence-electron chi connectivity index (χ2n) is 2.39. The van der Waals surface area contributed by atoms with E-state index in [2.05, 4.69) is 5.29 Å². The molecule has 0 aliphatic carbocycles. The van der Waals surface area contributed by atoms with Crippen molar-refractivity contribution in [1.82, 2.24) is 5.01 Å². The summed E-state index contributed by atoms with van der Waals surface area (Å²) < 4.78 is -0.638. The van der Waals surface area contributed by atoms with Crippen LogP contribution in [0.4, 0.5) is 0 Å². The number of nitrogens with zero attached hydrogens (tertiary/aromatic N) is 2. The number of hydrogen-bond donors (Lipinski definition) is 0. The molecule has 0 amide bonds. The van der Waals surface area contributed by atoms with Gasteiger partial charge in [-0.2, -0.15) is 0 Å². The highest BCUT2D eigenvalue weighted by Crippen LogP contribution is 2.32. The van der Waals surface area contributed by atoms with Crippen molar-refractivity contribution in [2.45, 2.75) is 17.2 Å². The van der Waals surface area contributed by atoms with Gasteiger partial charge in [-0.05, 0) is 12.8 Å². The molecule has 0 atom stereocenters. The Morgan fingerprint density at radius 3 is 2.20 bits per heavy atom. The zero-order valence-electron chi connectivity index (χ0n) is 5.39. The number of halogens is 2. The predicted octanol–water partition coefficient (Wildman–Crippen LogP) is 1.94. The Hall–Kier alpha value is -0.0200. The molecular weight excluding hydrogens is 175 g/mol. The molecule has 0 radical (unpaired) electrons. The quantitative estimate of drug-likeness (QED) is 0.459. The zero-order chi connectivity index (χ0) is 7.61. The highest BCUT2D eigenvalue weighted by Gasteiger charge is 2.29. The minimum atomic E-state index is -0.638. The van der Waals surface area contributed by atoms with E-state index in [0.717, 1.165) is 0 Å². The van der Waals surface area contributed by atoms with E-state index in [-0.39, 0.29) is 0 Å². The normalized spacial score (nSPS) is 24.4. The second kappa shape index (κ2) is 2.93. The molecule has 0 spiro atoms. The maximum absolute atomic E-state index is 9.96. The molecule has 0 N–H and O–H groups in total. The molecule has 0 unspecified atom stereocenters. The number of rotatable bonds is 1. The molecule has 1 saturated heterocycles. The lowest BCUT2D eigenvalue weighted by Gasteiger charge is -2.29. The molecule has 1 heterocycles. The van der Waals surface area contributed by atoms with Crippen molar-refractivity contribution in [2.24, 2.45) is 5.29 Å². The number of nitroso groups, excluding NO2 is 1. The summed E-state index contributed by atoms with van der Waals surface area (Å²) in [5.41, 5.74) is 0. The third-order valence-electron chi connectivity index (χ3n) is 1.59. The minimum Gasteiger partial charge on any atom is -0.261 e. The van der Waals surface area contributed by atoms with Crippen LogP contribution in [0.1, 0.15) is 12.8 Å². The lowest BCUT2D eigenvalue weighted by atomic mass is 10.1. The van der Waals surface area contributed by atoms with Gasteiger partial charge in [0, 0.05) is 13.1 Å². The van der Waals surface area contributed by atoms with E-state index in [4.69, 9.17) is 23.2 Å². The Bertz CT molecular complexity index is 130. The van der Waals surface area contributed by atoms with Crippen LogP contribution < -0.4 is 0 Å². The Morgan fingerprint density at radius 2 is 1.80 bits per heavy atom. The van der Waals surface area contributed by atoms with Crippen LogP contribution >= 0.6 is 23.2 Å². The summed E-state index contributed by atoms with van der Waals surface area (Å²) in [6.07, 6.45) is 1.23. The highest BCUT2D eigenvalue weighted by atomic mass is 35.5. The van der Waals surface area contributed by atoms with Gasteiger partial charge in [-0.15, -0.1) is 28.1 Å². The number of alkyl halides is 2. The van der Waals surface area contributed by atoms with Gasteiger partial charge in [0.25, 0.3) is 0 Å². The molecule has 0 bridgehead atoms. The Balaban J connectivity index is 2.38. The van der Waals surface area contributed by atoms with Crippen LogP contribution in [0, 0.1) is 4.91 Å². The van der Waals surface area contributed by atoms with Gasteiger partial charge in [0.1, 0.15) is 4.33 Å². The predicted molar refractivity (Wildman–Crippen MR) is 41.0 cm³/mol. The van der Waals surface area contributed by atoms with Gasteiger partial charge in [0.2, 0.25) is 0 Å². The molecule has 0 aromatic carbocycles. The van der Waals surface area contributed by atoms with E-state index in [0.29, 0.717) is 25.9 Å². The van der Waals surface area contributed by atoms with Crippen LogP contribution in [0.25, 0.3) is 0 Å². The summed E-state index contributed by atoms with van der Waals surface area (Å²) in [6, 6.07) is 0. The van der Waals surface area contributed by atoms with Crippen LogP contribution in [-0.4, -0.2) is 22.4 Å². The molecular formula is C5H8Cl2N2O. The van der Waals surface area contributed by atoms with Gasteiger partial charge in [-0.25, -0.2) is 0 Å². The molecule has 58 valence electrons. The molecule has 1 aliphatic heterocycles. The summed E-state index contributed by atoms with van der Waals surface area (Å²) in [7, 11) is 0. The monoisotopic (exact) mass is 182 g/mol. The first-order valence-corrected chi connectivity index (χ1v) is 3.86. The van der Waals surface area contributed by atoms with E-state index in [1.807, 2.05) is 0 Å². The summed E-state index contributed by atoms with van der Waals surface area (Å²) in [5.74, 6) is 0. The molecule has 5 heteroatoms. The molecule has 1 fully saturated rings. The van der Waals surface area contributed by atoms with E-state index >= 15 is 0 Å². The van der Waals surface area contributed by atoms with Crippen LogP contribution in [0.5, 0.6) is 0 Å². The molecule has 3 nitrogen and oxygen atoms in total. The van der Waals surface area contributed by atoms with Gasteiger partial charge in [-0.1, -0.05) is 0 Å². The van der Waals surface area contributed by atoms with Crippen LogP contribution in [0.3, 0.4) is 0 Å². The Labute approximate surface area is 69.2 Å². The van der Waals surface area contributed by atoms with E-state index in [1.165, 1.54) is 5.01 Å². The maximum Gasteiger partial charge on any atom is 0.121 e. The largest absolute Gasteiger partial charge is 0.261 e. The van der Waals surface area contributed by atoms with Gasteiger partial charge in [0.15, 0.2) is 0 Å². The van der Waals surface area contributed by atoms with Crippen molar-refractivity contribution in [1.29, 1.82) is 0 Å². The fourth-order valence-corrected chi connectivity index (χ4v) is 1.24. The molecule has 0 aromatic rings. The Kier molecular flexibility index (Phi) is 2.36. The first-order chi connectivity index (χ1) is 4.64. The molecule has 1 rings (SSSR count). The van der Waals surface area contributed by atoms with Gasteiger partial charge in [0.05, 0.1) is 5.29 Å². The summed E-state index contributed by atoms with van der Waals surface area (Å²) in [5, 5.41) is 4.21. The van der Waals surface area contributed by atoms with Gasteiger partial charge < -0.3 is 0 Å². The minimum absolute atomic E-state index is 0.566. The van der Waals surface area contributed by atoms with Crippen LogP contribution in [-0.2, 0) is 0 Å². The lowest BCUT2D eigenvalue weighted by Crippen LogP contribution is -2.34. The summed E-state index contributed by atoms with van der Waals surface area (Å²) in [4.78, 5) is 9.96. The lowest BCUT2D eigenvalue weighted by molar-refractivity contribution is 0.228. The van der Waals surface area contributed by atoms with Gasteiger partial charge in [-0.3, -0.25) is 5.01 Å². The summed E-state index contributed by atoms with van der Waals surface area (Å²) >= 11 is 11.6. The fourth-order valence-electron chi connectivity index (χ4n) is 0.904. The Morgan fingerprint density at radius 1 is 1.30 bits per heavy atom. The third-order valence-corrected chi connectivity index (χ3v) is 2.34. The van der Waals surface area contributed by atoms with Crippen molar-refractivity contribution < 1.29 is 0 Å². The summed E-state index contributed by atoms with van der Waals surface area (Å²) in [6.45, 7) is 1.13. The topological polar surface area (TPSA) is 32.7 Å². The number of hydrogen-bond acceptors (Lipinski definition) is 2. The standard InChI is InChI=1S/C5H8Cl2N2O/c6-5(7)1-3-9(8-10)4-2-5/h1-4H2. The maximum atomic E-state index is 9.96. The first kappa shape index (κ1) is 8.08. The zero-order valence-corrected chi connectivity index (χ0v) is 6.90. The van der Waals surface area contributed by atoms with E-state index < -0.39 is 4.33 Å². The fraction of sp³-hybridized carbons (Fsp3) is 1.00. The van der Waals surface area contributed by atoms with Crippen molar-refractivity contribution in [3.8, 4) is 0 Å². The molecule has 1 aliphatic rings. The van der Waals surface area contributed by atoms with Crippen LogP contribution in [0.2, 0.25) is 0 Å². The average molecular weight is 183 g/mol. The molecule has 10 heavy (non-hydrogen) atoms. The van der Waals surface area contributed by atoms with Crippen molar-refractivity contribution in [3.63, 3.8) is 0 Å². The molecule has 0 aromatic heterocycles. The SMILES string of the molecule is O=NN1CCC(Cl)(Cl)CC1. The van der Waals surface area contributed by atoms with E-state index in [9.17, 15) is 4.91 Å². The highest BCUT2D eigenvalue weighted by molar-refractivity contribution is 6.48. The van der Waals surface area contributed by atoms with Crippen molar-refractivity contribution in [2.75, 3.05) is 13.1 Å².